The first-order valence-corrected chi connectivity index (χ1v) is 13.5. The van der Waals surface area contributed by atoms with Crippen LogP contribution in [0.5, 0.6) is 17.2 Å². The molecule has 0 radical (unpaired) electrons. The molecule has 8 heteroatoms. The second kappa shape index (κ2) is 11.4. The molecule has 1 amide bonds. The largest absolute Gasteiger partial charge is 0.497 e. The molecule has 1 aliphatic rings. The molecule has 0 bridgehead atoms. The Bertz CT molecular complexity index is 1580. The van der Waals surface area contributed by atoms with Crippen LogP contribution in [0.25, 0.3) is 11.0 Å². The molecular weight excluding hydrogens is 518 g/mol. The molecule has 0 spiro atoms. The molecule has 1 unspecified atom stereocenters. The van der Waals surface area contributed by atoms with E-state index in [9.17, 15) is 9.59 Å². The molecule has 39 heavy (non-hydrogen) atoms. The predicted molar refractivity (Wildman–Crippen MR) is 152 cm³/mol. The Morgan fingerprint density at radius 2 is 1.79 bits per heavy atom. The molecule has 2 heterocycles. The van der Waals surface area contributed by atoms with Gasteiger partial charge in [-0.1, -0.05) is 43.5 Å². The number of hydrogen-bond acceptors (Lipinski definition) is 6. The molecule has 7 nitrogen and oxygen atoms in total. The lowest BCUT2D eigenvalue weighted by Gasteiger charge is -2.26. The van der Waals surface area contributed by atoms with Crippen molar-refractivity contribution in [3.8, 4) is 17.2 Å². The van der Waals surface area contributed by atoms with Gasteiger partial charge in [0.1, 0.15) is 11.3 Å². The first-order valence-electron chi connectivity index (χ1n) is 13.1. The van der Waals surface area contributed by atoms with Crippen LogP contribution in [0.15, 0.2) is 69.9 Å². The molecule has 0 saturated carbocycles. The number of carbonyl (C=O) groups excluding carboxylic acids is 1. The van der Waals surface area contributed by atoms with E-state index in [0.717, 1.165) is 19.3 Å². The lowest BCUT2D eigenvalue weighted by molar-refractivity contribution is 0.0971. The maximum atomic E-state index is 13.9. The number of methoxy groups -OCH3 is 1. The van der Waals surface area contributed by atoms with Gasteiger partial charge in [-0.2, -0.15) is 0 Å². The minimum atomic E-state index is -0.771. The fraction of sp³-hybridized carbons (Fsp3) is 0.290. The number of fused-ring (bicyclic) bond motifs is 2. The quantitative estimate of drug-likeness (QED) is 0.196. The molecule has 5 rings (SSSR count). The van der Waals surface area contributed by atoms with Crippen molar-refractivity contribution in [2.24, 2.45) is 0 Å². The van der Waals surface area contributed by atoms with Crippen LogP contribution in [0.2, 0.25) is 5.02 Å². The van der Waals surface area contributed by atoms with Gasteiger partial charge < -0.3 is 18.6 Å². The summed E-state index contributed by atoms with van der Waals surface area (Å²) in [4.78, 5) is 29.4. The minimum absolute atomic E-state index is 0.000458. The maximum Gasteiger partial charge on any atom is 0.295 e. The third kappa shape index (κ3) is 5.06. The highest BCUT2D eigenvalue weighted by atomic mass is 35.5. The summed E-state index contributed by atoms with van der Waals surface area (Å²) >= 11 is 6.21. The Kier molecular flexibility index (Phi) is 7.79. The van der Waals surface area contributed by atoms with Crippen molar-refractivity contribution in [3.05, 3.63) is 92.8 Å². The van der Waals surface area contributed by atoms with Crippen LogP contribution in [0, 0.1) is 0 Å². The number of rotatable bonds is 10. The number of unbranched alkanes of at least 4 members (excludes halogenated alkanes) is 2. The number of halogens is 1. The van der Waals surface area contributed by atoms with Crippen LogP contribution in [0.4, 0.5) is 5.69 Å². The molecule has 1 aliphatic heterocycles. The first kappa shape index (κ1) is 26.6. The lowest BCUT2D eigenvalue weighted by atomic mass is 9.97. The van der Waals surface area contributed by atoms with E-state index in [-0.39, 0.29) is 16.8 Å². The molecule has 0 N–H and O–H groups in total. The molecule has 202 valence electrons. The standard InChI is InChI=1S/C31H30ClNO6/c1-4-6-7-15-38-25-13-11-19(16-26(25)37-5-2)28-27-29(34)23-17-20(32)12-14-24(23)39-30(27)31(35)33(28)21-9-8-10-22(18-21)36-3/h8-14,16-18,28H,4-7,15H2,1-3H3. The van der Waals surface area contributed by atoms with Gasteiger partial charge in [-0.15, -0.1) is 0 Å². The fourth-order valence-corrected chi connectivity index (χ4v) is 5.08. The van der Waals surface area contributed by atoms with E-state index in [1.54, 1.807) is 54.5 Å². The van der Waals surface area contributed by atoms with Crippen LogP contribution < -0.4 is 24.5 Å². The summed E-state index contributed by atoms with van der Waals surface area (Å²) in [6.45, 7) is 5.04. The zero-order chi connectivity index (χ0) is 27.5. The number of amides is 1. The maximum absolute atomic E-state index is 13.9. The second-order valence-corrected chi connectivity index (χ2v) is 9.72. The van der Waals surface area contributed by atoms with Crippen molar-refractivity contribution >= 4 is 34.2 Å². The molecule has 1 atom stereocenters. The molecular formula is C31H30ClNO6. The first-order chi connectivity index (χ1) is 19.0. The average molecular weight is 548 g/mol. The van der Waals surface area contributed by atoms with Crippen molar-refractivity contribution in [2.45, 2.75) is 39.2 Å². The Labute approximate surface area is 231 Å². The van der Waals surface area contributed by atoms with E-state index in [4.69, 9.17) is 30.2 Å². The van der Waals surface area contributed by atoms with E-state index in [2.05, 4.69) is 6.92 Å². The monoisotopic (exact) mass is 547 g/mol. The number of benzene rings is 3. The van der Waals surface area contributed by atoms with Gasteiger partial charge in [0, 0.05) is 16.8 Å². The lowest BCUT2D eigenvalue weighted by Crippen LogP contribution is -2.29. The van der Waals surface area contributed by atoms with E-state index in [0.29, 0.717) is 57.7 Å². The molecule has 4 aromatic rings. The van der Waals surface area contributed by atoms with Gasteiger partial charge in [-0.25, -0.2) is 0 Å². The summed E-state index contributed by atoms with van der Waals surface area (Å²) in [6, 6.07) is 16.7. The van der Waals surface area contributed by atoms with Crippen LogP contribution in [-0.4, -0.2) is 26.2 Å². The van der Waals surface area contributed by atoms with E-state index in [1.165, 1.54) is 0 Å². The summed E-state index contributed by atoms with van der Waals surface area (Å²) in [7, 11) is 1.56. The number of hydrogen-bond donors (Lipinski definition) is 0. The summed E-state index contributed by atoms with van der Waals surface area (Å²) < 4.78 is 23.4. The molecule has 0 aliphatic carbocycles. The number of ether oxygens (including phenoxy) is 3. The van der Waals surface area contributed by atoms with Gasteiger partial charge in [0.05, 0.1) is 37.3 Å². The third-order valence-electron chi connectivity index (χ3n) is 6.75. The summed E-state index contributed by atoms with van der Waals surface area (Å²) in [5.41, 5.74) is 1.48. The van der Waals surface area contributed by atoms with Gasteiger partial charge in [-0.05, 0) is 61.4 Å². The van der Waals surface area contributed by atoms with E-state index in [1.807, 2.05) is 25.1 Å². The van der Waals surface area contributed by atoms with Crippen LogP contribution >= 0.6 is 11.6 Å². The van der Waals surface area contributed by atoms with E-state index < -0.39 is 11.9 Å². The zero-order valence-corrected chi connectivity index (χ0v) is 22.9. The van der Waals surface area contributed by atoms with Crippen molar-refractivity contribution in [1.29, 1.82) is 0 Å². The highest BCUT2D eigenvalue weighted by Crippen LogP contribution is 2.44. The Balaban J connectivity index is 1.69. The van der Waals surface area contributed by atoms with Crippen LogP contribution in [-0.2, 0) is 0 Å². The summed E-state index contributed by atoms with van der Waals surface area (Å²) in [6.07, 6.45) is 3.11. The Morgan fingerprint density at radius 3 is 2.56 bits per heavy atom. The van der Waals surface area contributed by atoms with Crippen molar-refractivity contribution in [1.82, 2.24) is 0 Å². The summed E-state index contributed by atoms with van der Waals surface area (Å²) in [5.74, 6) is 1.32. The van der Waals surface area contributed by atoms with Gasteiger partial charge in [0.2, 0.25) is 5.76 Å². The van der Waals surface area contributed by atoms with E-state index >= 15 is 0 Å². The predicted octanol–water partition coefficient (Wildman–Crippen LogP) is 7.17. The molecule has 0 saturated heterocycles. The normalized spacial score (nSPS) is 14.5. The fourth-order valence-electron chi connectivity index (χ4n) is 4.90. The summed E-state index contributed by atoms with van der Waals surface area (Å²) in [5, 5.41) is 0.718. The molecule has 1 aromatic heterocycles. The topological polar surface area (TPSA) is 78.2 Å². The van der Waals surface area contributed by atoms with Crippen LogP contribution in [0.3, 0.4) is 0 Å². The van der Waals surface area contributed by atoms with Crippen molar-refractivity contribution < 1.29 is 23.4 Å². The highest BCUT2D eigenvalue weighted by molar-refractivity contribution is 6.31. The highest BCUT2D eigenvalue weighted by Gasteiger charge is 2.44. The Hall–Kier alpha value is -3.97. The average Bonchev–Trinajstić information content (AvgIpc) is 3.24. The minimum Gasteiger partial charge on any atom is -0.497 e. The Morgan fingerprint density at radius 1 is 0.949 bits per heavy atom. The number of nitrogens with zero attached hydrogens (tertiary/aromatic N) is 1. The van der Waals surface area contributed by atoms with Gasteiger partial charge in [-0.3, -0.25) is 14.5 Å². The second-order valence-electron chi connectivity index (χ2n) is 9.29. The SMILES string of the molecule is CCCCCOc1ccc(C2c3c(oc4ccc(Cl)cc4c3=O)C(=O)N2c2cccc(OC)c2)cc1OCC. The molecule has 3 aromatic carbocycles. The van der Waals surface area contributed by atoms with Crippen LogP contribution in [0.1, 0.15) is 60.8 Å². The van der Waals surface area contributed by atoms with Gasteiger partial charge in [0.15, 0.2) is 16.9 Å². The van der Waals surface area contributed by atoms with Gasteiger partial charge >= 0.3 is 0 Å². The number of carbonyl (C=O) groups is 1. The van der Waals surface area contributed by atoms with Crippen molar-refractivity contribution in [3.63, 3.8) is 0 Å². The van der Waals surface area contributed by atoms with Crippen molar-refractivity contribution in [2.75, 3.05) is 25.2 Å². The smallest absolute Gasteiger partial charge is 0.295 e. The number of anilines is 1. The van der Waals surface area contributed by atoms with Gasteiger partial charge in [0.25, 0.3) is 5.91 Å². The molecule has 0 fully saturated rings. The zero-order valence-electron chi connectivity index (χ0n) is 22.2. The third-order valence-corrected chi connectivity index (χ3v) is 6.99.